The van der Waals surface area contributed by atoms with Gasteiger partial charge in [-0.1, -0.05) is 24.3 Å². The number of rotatable bonds is 4. The van der Waals surface area contributed by atoms with Crippen LogP contribution in [0.15, 0.2) is 30.5 Å². The van der Waals surface area contributed by atoms with Crippen molar-refractivity contribution in [3.63, 3.8) is 0 Å². The van der Waals surface area contributed by atoms with E-state index in [-0.39, 0.29) is 18.9 Å². The van der Waals surface area contributed by atoms with E-state index in [1.54, 1.807) is 31.5 Å². The molecule has 0 saturated heterocycles. The van der Waals surface area contributed by atoms with Gasteiger partial charge >= 0.3 is 21.6 Å². The van der Waals surface area contributed by atoms with Crippen LogP contribution in [0, 0.1) is 0 Å². The van der Waals surface area contributed by atoms with Crippen molar-refractivity contribution in [2.75, 3.05) is 6.54 Å². The van der Waals surface area contributed by atoms with Gasteiger partial charge in [-0.25, -0.2) is 18.2 Å². The molecule has 2 aliphatic rings. The van der Waals surface area contributed by atoms with Gasteiger partial charge in [0.25, 0.3) is 0 Å². The number of nitrogens with one attached hydrogen (secondary N) is 1. The maximum absolute atomic E-state index is 12.9. The summed E-state index contributed by atoms with van der Waals surface area (Å²) in [6, 6.07) is 7.40. The number of halogens is 3. The average molecular weight is 487 g/mol. The predicted octanol–water partition coefficient (Wildman–Crippen LogP) is 3.73. The van der Waals surface area contributed by atoms with Gasteiger partial charge in [0.1, 0.15) is 11.4 Å². The molecule has 0 radical (unpaired) electrons. The summed E-state index contributed by atoms with van der Waals surface area (Å²) in [6.45, 7) is 4.75. The molecule has 12 heteroatoms. The number of nitrogens with zero attached hydrogens (tertiary/aromatic N) is 3. The molecule has 0 atom stereocenters. The monoisotopic (exact) mass is 486 g/mol. The summed E-state index contributed by atoms with van der Waals surface area (Å²) in [7, 11) is -5.40. The second-order valence-corrected chi connectivity index (χ2v) is 11.2. The number of ether oxygens (including phenoxy) is 1. The summed E-state index contributed by atoms with van der Waals surface area (Å²) in [4.78, 5) is 16.5. The average Bonchev–Trinajstić information content (AvgIpc) is 3.33. The second-order valence-electron chi connectivity index (χ2n) is 9.31. The van der Waals surface area contributed by atoms with Gasteiger partial charge in [0.2, 0.25) is 0 Å². The lowest BCUT2D eigenvalue weighted by atomic mass is 10.0. The summed E-state index contributed by atoms with van der Waals surface area (Å²) in [6.07, 6.45) is 2.79. The Morgan fingerprint density at radius 3 is 2.30 bits per heavy atom. The zero-order valence-electron chi connectivity index (χ0n) is 18.4. The van der Waals surface area contributed by atoms with E-state index in [4.69, 9.17) is 4.74 Å². The van der Waals surface area contributed by atoms with E-state index in [1.165, 1.54) is 0 Å². The molecular weight excluding hydrogens is 461 g/mol. The third-order valence-corrected chi connectivity index (χ3v) is 7.20. The molecule has 4 rings (SSSR count). The third-order valence-electron chi connectivity index (χ3n) is 5.62. The Labute approximate surface area is 189 Å². The molecule has 2 aromatic rings. The molecular formula is C21H25F3N4O4S. The normalized spacial score (nSPS) is 18.5. The van der Waals surface area contributed by atoms with Crippen LogP contribution in [0.25, 0.3) is 11.3 Å². The number of imidazole rings is 1. The molecule has 1 N–H and O–H groups in total. The molecule has 1 aliphatic carbocycles. The van der Waals surface area contributed by atoms with Crippen LogP contribution in [0.3, 0.4) is 0 Å². The number of alkyl carbamates (subject to hydrolysis) is 1. The van der Waals surface area contributed by atoms with Crippen LogP contribution in [-0.4, -0.2) is 46.0 Å². The summed E-state index contributed by atoms with van der Waals surface area (Å²) in [5.74, 6) is 0.249. The lowest BCUT2D eigenvalue weighted by Gasteiger charge is -2.27. The fraction of sp³-hybridized carbons (Fsp3) is 0.524. The van der Waals surface area contributed by atoms with E-state index in [0.717, 1.165) is 24.0 Å². The molecule has 1 aromatic heterocycles. The van der Waals surface area contributed by atoms with Crippen LogP contribution >= 0.6 is 0 Å². The molecule has 0 spiro atoms. The molecule has 0 bridgehead atoms. The van der Waals surface area contributed by atoms with E-state index >= 15 is 0 Å². The molecule has 1 amide bonds. The highest BCUT2D eigenvalue weighted by Gasteiger charge is 2.51. The van der Waals surface area contributed by atoms with Crippen molar-refractivity contribution in [1.29, 1.82) is 0 Å². The maximum Gasteiger partial charge on any atom is 0.511 e. The molecule has 1 saturated carbocycles. The van der Waals surface area contributed by atoms with Gasteiger partial charge in [0.05, 0.1) is 17.8 Å². The lowest BCUT2D eigenvalue weighted by molar-refractivity contribution is -0.0496. The van der Waals surface area contributed by atoms with Gasteiger partial charge in [-0.05, 0) is 39.2 Å². The van der Waals surface area contributed by atoms with Crippen LogP contribution in [0.2, 0.25) is 0 Å². The summed E-state index contributed by atoms with van der Waals surface area (Å²) >= 11 is 0. The Kier molecular flexibility index (Phi) is 5.51. The van der Waals surface area contributed by atoms with Crippen molar-refractivity contribution in [2.24, 2.45) is 0 Å². The minimum atomic E-state index is -5.40. The van der Waals surface area contributed by atoms with Crippen molar-refractivity contribution in [2.45, 2.75) is 63.4 Å². The number of hydrogen-bond donors (Lipinski definition) is 1. The molecule has 1 aromatic carbocycles. The molecule has 180 valence electrons. The quantitative estimate of drug-likeness (QED) is 0.711. The van der Waals surface area contributed by atoms with Gasteiger partial charge in [-0.15, -0.1) is 0 Å². The van der Waals surface area contributed by atoms with E-state index in [1.807, 2.05) is 24.3 Å². The van der Waals surface area contributed by atoms with Crippen molar-refractivity contribution >= 4 is 16.1 Å². The summed E-state index contributed by atoms with van der Waals surface area (Å²) < 4.78 is 69.5. The zero-order valence-corrected chi connectivity index (χ0v) is 19.3. The summed E-state index contributed by atoms with van der Waals surface area (Å²) in [5, 5.41) is 2.94. The van der Waals surface area contributed by atoms with Crippen molar-refractivity contribution in [3.8, 4) is 11.3 Å². The maximum atomic E-state index is 12.9. The Morgan fingerprint density at radius 1 is 1.12 bits per heavy atom. The van der Waals surface area contributed by atoms with Gasteiger partial charge < -0.3 is 14.6 Å². The van der Waals surface area contributed by atoms with Crippen LogP contribution in [0.5, 0.6) is 0 Å². The van der Waals surface area contributed by atoms with E-state index < -0.39 is 39.3 Å². The Balaban J connectivity index is 1.49. The van der Waals surface area contributed by atoms with Crippen molar-refractivity contribution in [3.05, 3.63) is 41.9 Å². The Morgan fingerprint density at radius 2 is 1.76 bits per heavy atom. The number of fused-ring (bicyclic) bond motifs is 1. The van der Waals surface area contributed by atoms with E-state index in [9.17, 15) is 26.4 Å². The fourth-order valence-electron chi connectivity index (χ4n) is 3.79. The molecule has 2 heterocycles. The van der Waals surface area contributed by atoms with E-state index in [2.05, 4.69) is 10.3 Å². The van der Waals surface area contributed by atoms with Crippen LogP contribution in [0.1, 0.15) is 45.0 Å². The number of carbonyl (C=O) groups excluding carboxylic acids is 1. The minimum absolute atomic E-state index is 0.0820. The summed E-state index contributed by atoms with van der Waals surface area (Å²) in [5.41, 5.74) is -4.22. The third kappa shape index (κ3) is 4.72. The number of aromatic nitrogens is 2. The van der Waals surface area contributed by atoms with Crippen LogP contribution < -0.4 is 5.32 Å². The number of hydrogen-bond acceptors (Lipinski definition) is 5. The number of sulfonamides is 1. The molecule has 1 fully saturated rings. The van der Waals surface area contributed by atoms with Gasteiger partial charge in [-0.3, -0.25) is 0 Å². The van der Waals surface area contributed by atoms with Gasteiger partial charge in [-0.2, -0.15) is 17.5 Å². The number of alkyl halides is 3. The smallest absolute Gasteiger partial charge is 0.444 e. The first-order chi connectivity index (χ1) is 15.2. The number of benzene rings is 1. The number of amides is 1. The predicted molar refractivity (Wildman–Crippen MR) is 113 cm³/mol. The van der Waals surface area contributed by atoms with Gasteiger partial charge in [0.15, 0.2) is 0 Å². The standard InChI is InChI=1S/C21H25F3N4O4S/c1-19(2,3)32-18(29)26-20(8-9-20)15-6-4-14(5-7-15)16-12-27-10-11-28(13-17(27)25-16)33(30,31)21(22,23)24/h4-7,12H,8-11,13H2,1-3H3,(H,26,29). The first kappa shape index (κ1) is 23.6. The Bertz CT molecular complexity index is 1160. The highest BCUT2D eigenvalue weighted by molar-refractivity contribution is 7.89. The topological polar surface area (TPSA) is 93.5 Å². The van der Waals surface area contributed by atoms with Crippen LogP contribution in [0.4, 0.5) is 18.0 Å². The van der Waals surface area contributed by atoms with Crippen molar-refractivity contribution in [1.82, 2.24) is 19.2 Å². The fourth-order valence-corrected chi connectivity index (χ4v) is 4.69. The number of carbonyl (C=O) groups is 1. The van der Waals surface area contributed by atoms with Crippen molar-refractivity contribution < 1.29 is 31.1 Å². The first-order valence-electron chi connectivity index (χ1n) is 10.4. The molecule has 33 heavy (non-hydrogen) atoms. The second kappa shape index (κ2) is 7.73. The highest BCUT2D eigenvalue weighted by atomic mass is 32.2. The lowest BCUT2D eigenvalue weighted by Crippen LogP contribution is -2.44. The minimum Gasteiger partial charge on any atom is -0.444 e. The SMILES string of the molecule is CC(C)(C)OC(=O)NC1(c2ccc(-c3cn4c(n3)CN(S(=O)(=O)C(F)(F)F)CC4)cc2)CC1. The zero-order chi connectivity index (χ0) is 24.2. The molecule has 8 nitrogen and oxygen atoms in total. The Hall–Kier alpha value is -2.60. The molecule has 0 unspecified atom stereocenters. The molecule has 1 aliphatic heterocycles. The largest absolute Gasteiger partial charge is 0.511 e. The van der Waals surface area contributed by atoms with Crippen LogP contribution in [-0.2, 0) is 33.4 Å². The van der Waals surface area contributed by atoms with Gasteiger partial charge in [0, 0.05) is 24.8 Å². The van der Waals surface area contributed by atoms with E-state index in [0.29, 0.717) is 10.00 Å². The first-order valence-corrected chi connectivity index (χ1v) is 11.9. The highest BCUT2D eigenvalue weighted by Crippen LogP contribution is 2.46.